The zero-order valence-corrected chi connectivity index (χ0v) is 17.6. The Morgan fingerprint density at radius 1 is 0.920 bits per heavy atom. The summed E-state index contributed by atoms with van der Waals surface area (Å²) in [5, 5.41) is 0. The second-order valence-electron chi connectivity index (χ2n) is 5.12. The first-order valence-electron chi connectivity index (χ1n) is 7.50. The van der Waals surface area contributed by atoms with Gasteiger partial charge >= 0.3 is 0 Å². The molecule has 0 atom stereocenters. The van der Waals surface area contributed by atoms with Crippen LogP contribution in [-0.2, 0) is 9.22 Å². The Morgan fingerprint density at radius 3 is 2.48 bits per heavy atom. The van der Waals surface area contributed by atoms with Gasteiger partial charge in [0.25, 0.3) is 0 Å². The van der Waals surface area contributed by atoms with Crippen LogP contribution in [0.5, 0.6) is 0 Å². The summed E-state index contributed by atoms with van der Waals surface area (Å²) in [6.07, 6.45) is 1.97. The van der Waals surface area contributed by atoms with E-state index in [4.69, 9.17) is 9.22 Å². The minimum atomic E-state index is 0.645. The van der Waals surface area contributed by atoms with Gasteiger partial charge in [0.05, 0.1) is 12.0 Å². The molecule has 0 aliphatic heterocycles. The highest BCUT2D eigenvalue weighted by Crippen LogP contribution is 2.27. The lowest BCUT2D eigenvalue weighted by Gasteiger charge is -2.09. The number of halogens is 2. The van der Waals surface area contributed by atoms with E-state index < -0.39 is 0 Å². The Hall–Kier alpha value is -1.28. The summed E-state index contributed by atoms with van der Waals surface area (Å²) in [7, 11) is 0. The molecule has 2 nitrogen and oxygen atoms in total. The molecule has 0 spiro atoms. The maximum Gasteiger partial charge on any atom is 0.174 e. The fourth-order valence-electron chi connectivity index (χ4n) is 2.11. The quantitative estimate of drug-likeness (QED) is 0.0847. The van der Waals surface area contributed by atoms with Crippen molar-refractivity contribution < 1.29 is 9.22 Å². The van der Waals surface area contributed by atoms with Crippen LogP contribution in [0.2, 0.25) is 0 Å². The van der Waals surface area contributed by atoms with Gasteiger partial charge in [-0.25, -0.2) is 0 Å². The second-order valence-corrected chi connectivity index (χ2v) is 8.06. The van der Waals surface area contributed by atoms with Crippen LogP contribution in [0.1, 0.15) is 11.1 Å². The minimum Gasteiger partial charge on any atom is -0.324 e. The smallest absolute Gasteiger partial charge is 0.174 e. The van der Waals surface area contributed by atoms with Gasteiger partial charge in [0.15, 0.2) is 5.76 Å². The Labute approximate surface area is 173 Å². The molecule has 0 amide bonds. The average Bonchev–Trinajstić information content (AvgIpc) is 2.62. The highest BCUT2D eigenvalue weighted by Gasteiger charge is 2.07. The van der Waals surface area contributed by atoms with E-state index in [1.54, 1.807) is 0 Å². The van der Waals surface area contributed by atoms with E-state index in [2.05, 4.69) is 50.7 Å². The number of benzene rings is 3. The highest BCUT2D eigenvalue weighted by atomic mass is 127. The molecule has 3 aromatic carbocycles. The van der Waals surface area contributed by atoms with Crippen LogP contribution < -0.4 is 0 Å². The Balaban J connectivity index is 1.81. The van der Waals surface area contributed by atoms with Gasteiger partial charge in [0.1, 0.15) is 0 Å². The molecule has 0 bridgehead atoms. The molecule has 3 rings (SSSR count). The third-order valence-electron chi connectivity index (χ3n) is 3.25. The molecule has 0 saturated heterocycles. The van der Waals surface area contributed by atoms with E-state index in [0.29, 0.717) is 5.76 Å². The average molecular weight is 525 g/mol. The van der Waals surface area contributed by atoms with E-state index in [-0.39, 0.29) is 0 Å². The molecule has 5 heteroatoms. The molecule has 25 heavy (non-hydrogen) atoms. The molecule has 0 aromatic heterocycles. The number of rotatable bonds is 6. The molecule has 0 aliphatic carbocycles. The standard InChI is InChI=1S/C20H14BrIO2S/c21-17-8-5-7-16(14-17)20(13-15-6-4-9-18(22)12-15)23-24-25-19-10-2-1-3-11-19/h1-14H. The largest absolute Gasteiger partial charge is 0.324 e. The van der Waals surface area contributed by atoms with Crippen LogP contribution in [0, 0.1) is 3.57 Å². The van der Waals surface area contributed by atoms with Crippen molar-refractivity contribution in [1.29, 1.82) is 0 Å². The molecule has 3 aromatic rings. The lowest BCUT2D eigenvalue weighted by Crippen LogP contribution is -1.91. The van der Waals surface area contributed by atoms with Gasteiger partial charge < -0.3 is 4.89 Å². The van der Waals surface area contributed by atoms with Gasteiger partial charge in [-0.05, 0) is 70.6 Å². The molecule has 0 heterocycles. The summed E-state index contributed by atoms with van der Waals surface area (Å²) in [5.41, 5.74) is 1.98. The van der Waals surface area contributed by atoms with Crippen LogP contribution in [-0.4, -0.2) is 0 Å². The normalized spacial score (nSPS) is 11.4. The molecule has 0 N–H and O–H groups in total. The topological polar surface area (TPSA) is 18.5 Å². The van der Waals surface area contributed by atoms with E-state index >= 15 is 0 Å². The monoisotopic (exact) mass is 524 g/mol. The second kappa shape index (κ2) is 9.43. The van der Waals surface area contributed by atoms with Crippen molar-refractivity contribution in [2.45, 2.75) is 4.90 Å². The van der Waals surface area contributed by atoms with Gasteiger partial charge in [-0.3, -0.25) is 0 Å². The SMILES string of the molecule is Brc1cccc(C(=Cc2cccc(I)c2)OOSc2ccccc2)c1. The van der Waals surface area contributed by atoms with Gasteiger partial charge in [-0.2, -0.15) is 0 Å². The van der Waals surface area contributed by atoms with Crippen LogP contribution in [0.15, 0.2) is 88.2 Å². The summed E-state index contributed by atoms with van der Waals surface area (Å²) >= 11 is 6.98. The Kier molecular flexibility index (Phi) is 6.98. The molecule has 0 aliphatic rings. The van der Waals surface area contributed by atoms with Crippen molar-refractivity contribution >= 4 is 62.4 Å². The van der Waals surface area contributed by atoms with E-state index in [9.17, 15) is 0 Å². The first-order valence-corrected chi connectivity index (χ1v) is 10.1. The van der Waals surface area contributed by atoms with Crippen LogP contribution >= 0.6 is 50.6 Å². The number of hydrogen-bond acceptors (Lipinski definition) is 3. The summed E-state index contributed by atoms with van der Waals surface area (Å²) in [5.74, 6) is 0.645. The summed E-state index contributed by atoms with van der Waals surface area (Å²) in [6.45, 7) is 0. The van der Waals surface area contributed by atoms with Gasteiger partial charge in [0.2, 0.25) is 0 Å². The van der Waals surface area contributed by atoms with Crippen molar-refractivity contribution in [3.63, 3.8) is 0 Å². The minimum absolute atomic E-state index is 0.645. The Morgan fingerprint density at radius 2 is 1.72 bits per heavy atom. The van der Waals surface area contributed by atoms with Gasteiger partial charge in [0, 0.05) is 18.5 Å². The van der Waals surface area contributed by atoms with E-state index in [0.717, 1.165) is 20.5 Å². The van der Waals surface area contributed by atoms with E-state index in [1.807, 2.05) is 72.8 Å². The summed E-state index contributed by atoms with van der Waals surface area (Å²) in [4.78, 5) is 6.61. The van der Waals surface area contributed by atoms with E-state index in [1.165, 1.54) is 15.6 Å². The lowest BCUT2D eigenvalue weighted by atomic mass is 10.1. The molecule has 0 unspecified atom stereocenters. The molecule has 0 saturated carbocycles. The predicted molar refractivity (Wildman–Crippen MR) is 116 cm³/mol. The molecular formula is C20H14BrIO2S. The molecular weight excluding hydrogens is 511 g/mol. The number of hydrogen-bond donors (Lipinski definition) is 0. The maximum absolute atomic E-state index is 5.63. The predicted octanol–water partition coefficient (Wildman–Crippen LogP) is 7.21. The van der Waals surface area contributed by atoms with Gasteiger partial charge in [-0.15, -0.1) is 4.33 Å². The first-order chi connectivity index (χ1) is 12.2. The van der Waals surface area contributed by atoms with Crippen LogP contribution in [0.3, 0.4) is 0 Å². The molecule has 126 valence electrons. The van der Waals surface area contributed by atoms with Crippen molar-refractivity contribution in [2.75, 3.05) is 0 Å². The summed E-state index contributed by atoms with van der Waals surface area (Å²) in [6, 6.07) is 26.0. The lowest BCUT2D eigenvalue weighted by molar-refractivity contribution is -0.110. The third kappa shape index (κ3) is 5.88. The highest BCUT2D eigenvalue weighted by molar-refractivity contribution is 14.1. The molecule has 0 fully saturated rings. The van der Waals surface area contributed by atoms with Crippen molar-refractivity contribution in [3.05, 3.63) is 98.0 Å². The zero-order chi connectivity index (χ0) is 17.5. The van der Waals surface area contributed by atoms with Crippen LogP contribution in [0.25, 0.3) is 11.8 Å². The fourth-order valence-corrected chi connectivity index (χ4v) is 3.53. The van der Waals surface area contributed by atoms with Crippen molar-refractivity contribution in [1.82, 2.24) is 0 Å². The summed E-state index contributed by atoms with van der Waals surface area (Å²) < 4.78 is 7.56. The maximum atomic E-state index is 5.63. The van der Waals surface area contributed by atoms with Crippen LogP contribution in [0.4, 0.5) is 0 Å². The van der Waals surface area contributed by atoms with Crippen molar-refractivity contribution in [3.8, 4) is 0 Å². The Bertz CT molecular complexity index is 868. The zero-order valence-electron chi connectivity index (χ0n) is 13.1. The van der Waals surface area contributed by atoms with Crippen molar-refractivity contribution in [2.24, 2.45) is 0 Å². The third-order valence-corrected chi connectivity index (χ3v) is 5.02. The van der Waals surface area contributed by atoms with Gasteiger partial charge in [-0.1, -0.05) is 58.4 Å². The first kappa shape index (κ1) is 18.5. The fraction of sp³-hybridized carbons (Fsp3) is 0. The molecule has 0 radical (unpaired) electrons.